The normalized spacial score (nSPS) is 22.3. The topological polar surface area (TPSA) is 373 Å². The van der Waals surface area contributed by atoms with Crippen LogP contribution in [0.1, 0.15) is 33.4 Å². The average Bonchev–Trinajstić information content (AvgIpc) is 3.58. The van der Waals surface area contributed by atoms with E-state index >= 15 is 0 Å². The summed E-state index contributed by atoms with van der Waals surface area (Å²) >= 11 is 0.845. The Balaban J connectivity index is 1.53. The molecule has 2 aromatic heterocycles. The van der Waals surface area contributed by atoms with Crippen LogP contribution in [0.4, 0.5) is 5.82 Å². The Morgan fingerprint density at radius 2 is 1.75 bits per heavy atom. The van der Waals surface area contributed by atoms with Crippen LogP contribution in [0.25, 0.3) is 11.2 Å². The number of nitrogens with zero attached hydrogens (tertiary/aromatic N) is 4. The van der Waals surface area contributed by atoms with Crippen molar-refractivity contribution in [2.45, 2.75) is 57.8 Å². The molecule has 1 saturated heterocycles. The van der Waals surface area contributed by atoms with Gasteiger partial charge < -0.3 is 55.1 Å². The van der Waals surface area contributed by atoms with Crippen LogP contribution in [-0.4, -0.2) is 124 Å². The lowest BCUT2D eigenvalue weighted by atomic mass is 9.87. The van der Waals surface area contributed by atoms with Crippen LogP contribution in [0, 0.1) is 5.41 Å². The van der Waals surface area contributed by atoms with Gasteiger partial charge in [0.2, 0.25) is 11.8 Å². The molecule has 3 heterocycles. The predicted molar refractivity (Wildman–Crippen MR) is 174 cm³/mol. The number of rotatable bonds is 20. The SMILES string of the molecule is CC(C)(COP(=O)(O)OP(=O)(O)OC[C@H]1O[C@@H](n2cnc3c(N)ncnc32)[C@H](O)[C@@H]1OP(=O)(O)O)C(O)C(=O)NCCC(=O)NCCSOC([11CH3])=O. The van der Waals surface area contributed by atoms with Gasteiger partial charge in [0.15, 0.2) is 17.7 Å². The quantitative estimate of drug-likeness (QED) is 0.0422. The zero-order valence-electron chi connectivity index (χ0n) is 27.5. The highest BCUT2D eigenvalue weighted by atomic mass is 32.2. The number of aromatic nitrogens is 4. The molecule has 0 bridgehead atoms. The number of imidazole rings is 1. The number of phosphoric acid groups is 3. The van der Waals surface area contributed by atoms with Gasteiger partial charge in [-0.3, -0.25) is 32.5 Å². The monoisotopic (exact) mass is 824 g/mol. The van der Waals surface area contributed by atoms with E-state index in [1.807, 2.05) is 0 Å². The molecule has 1 fully saturated rings. The third kappa shape index (κ3) is 13.0. The van der Waals surface area contributed by atoms with Crippen molar-refractivity contribution in [3.8, 4) is 0 Å². The summed E-state index contributed by atoms with van der Waals surface area (Å²) in [6, 6.07) is 0. The molecule has 0 radical (unpaired) electrons. The van der Waals surface area contributed by atoms with Crippen LogP contribution >= 0.6 is 35.5 Å². The fraction of sp³-hybridized carbons (Fsp3) is 0.652. The largest absolute Gasteiger partial charge is 0.481 e. The molecule has 0 saturated carbocycles. The van der Waals surface area contributed by atoms with Crippen molar-refractivity contribution < 1.29 is 84.7 Å². The number of hydrogen-bond donors (Lipinski definition) is 9. The molecule has 7 atom stereocenters. The Labute approximate surface area is 298 Å². The summed E-state index contributed by atoms with van der Waals surface area (Å²) < 4.78 is 66.5. The van der Waals surface area contributed by atoms with Crippen molar-refractivity contribution in [1.82, 2.24) is 30.2 Å². The zero-order chi connectivity index (χ0) is 39.1. The fourth-order valence-corrected chi connectivity index (χ4v) is 7.56. The number of hydrogen-bond acceptors (Lipinski definition) is 19. The fourth-order valence-electron chi connectivity index (χ4n) is 4.30. The van der Waals surface area contributed by atoms with E-state index in [0.717, 1.165) is 29.3 Å². The minimum absolute atomic E-state index is 0.0285. The number of aliphatic hydroxyl groups excluding tert-OH is 2. The van der Waals surface area contributed by atoms with E-state index in [2.05, 4.69) is 38.6 Å². The minimum Gasteiger partial charge on any atom is -0.391 e. The Hall–Kier alpha value is -2.64. The lowest BCUT2D eigenvalue weighted by Gasteiger charge is -2.30. The zero-order valence-corrected chi connectivity index (χ0v) is 31.0. The van der Waals surface area contributed by atoms with Gasteiger partial charge in [0.05, 0.1) is 31.6 Å². The van der Waals surface area contributed by atoms with Gasteiger partial charge in [-0.2, -0.15) is 4.31 Å². The highest BCUT2D eigenvalue weighted by molar-refractivity contribution is 7.95. The average molecular weight is 825 g/mol. The van der Waals surface area contributed by atoms with E-state index < -0.39 is 90.5 Å². The van der Waals surface area contributed by atoms with Crippen LogP contribution in [0.3, 0.4) is 0 Å². The lowest BCUT2D eigenvalue weighted by molar-refractivity contribution is -0.137. The predicted octanol–water partition coefficient (Wildman–Crippen LogP) is -1.38. The van der Waals surface area contributed by atoms with Gasteiger partial charge in [-0.05, 0) is 0 Å². The van der Waals surface area contributed by atoms with Crippen LogP contribution in [0.15, 0.2) is 12.7 Å². The molecular formula is C23H38N7O18P3S. The molecule has 2 amide bonds. The van der Waals surface area contributed by atoms with Crippen molar-refractivity contribution in [3.63, 3.8) is 0 Å². The molecule has 0 aliphatic carbocycles. The number of carbonyl (C=O) groups is 3. The van der Waals surface area contributed by atoms with Crippen LogP contribution < -0.4 is 16.4 Å². The third-order valence-electron chi connectivity index (χ3n) is 6.76. The maximum absolute atomic E-state index is 12.6. The summed E-state index contributed by atoms with van der Waals surface area (Å²) in [5.74, 6) is -1.70. The number of aliphatic hydroxyl groups is 2. The van der Waals surface area contributed by atoms with E-state index in [9.17, 15) is 57.9 Å². The molecule has 1 aliphatic rings. The molecular weight excluding hydrogens is 786 g/mol. The first kappa shape index (κ1) is 43.8. The summed E-state index contributed by atoms with van der Waals surface area (Å²) in [6.07, 6.45) is -6.93. The number of nitrogens with one attached hydrogen (secondary N) is 2. The number of phosphoric ester groups is 3. The number of ether oxygens (including phenoxy) is 1. The Morgan fingerprint density at radius 3 is 2.40 bits per heavy atom. The number of nitrogens with two attached hydrogens (primary N) is 1. The smallest absolute Gasteiger partial charge is 0.391 e. The van der Waals surface area contributed by atoms with Crippen molar-refractivity contribution in [3.05, 3.63) is 12.7 Å². The van der Waals surface area contributed by atoms with E-state index in [4.69, 9.17) is 19.5 Å². The summed E-state index contributed by atoms with van der Waals surface area (Å²) in [6.45, 7) is 1.65. The molecule has 52 heavy (non-hydrogen) atoms. The number of carbonyl (C=O) groups excluding carboxylic acids is 3. The van der Waals surface area contributed by atoms with Gasteiger partial charge >= 0.3 is 29.4 Å². The van der Waals surface area contributed by atoms with Crippen molar-refractivity contribution in [1.29, 1.82) is 0 Å². The maximum atomic E-state index is 12.6. The summed E-state index contributed by atoms with van der Waals surface area (Å²) in [5, 5.41) is 26.2. The molecule has 29 heteroatoms. The first-order valence-corrected chi connectivity index (χ1v) is 20.1. The van der Waals surface area contributed by atoms with Crippen LogP contribution in [-0.2, 0) is 54.9 Å². The lowest BCUT2D eigenvalue weighted by Crippen LogP contribution is -2.46. The molecule has 25 nitrogen and oxygen atoms in total. The van der Waals surface area contributed by atoms with E-state index in [1.165, 1.54) is 20.8 Å². The highest BCUT2D eigenvalue weighted by Crippen LogP contribution is 2.61. The molecule has 0 aromatic carbocycles. The van der Waals surface area contributed by atoms with Crippen molar-refractivity contribution >= 4 is 70.3 Å². The molecule has 294 valence electrons. The summed E-state index contributed by atoms with van der Waals surface area (Å²) in [7, 11) is -16.4. The van der Waals surface area contributed by atoms with Crippen molar-refractivity contribution in [2.75, 3.05) is 37.8 Å². The van der Waals surface area contributed by atoms with E-state index in [1.54, 1.807) is 0 Å². The third-order valence-corrected chi connectivity index (χ3v) is 10.6. The molecule has 2 aromatic rings. The van der Waals surface area contributed by atoms with Gasteiger partial charge in [0, 0.05) is 37.6 Å². The molecule has 3 rings (SSSR count). The number of amides is 2. The van der Waals surface area contributed by atoms with E-state index in [-0.39, 0.29) is 42.2 Å². The molecule has 0 spiro atoms. The highest BCUT2D eigenvalue weighted by Gasteiger charge is 2.50. The number of fused-ring (bicyclic) bond motifs is 1. The summed E-state index contributed by atoms with van der Waals surface area (Å²) in [4.78, 5) is 85.8. The maximum Gasteiger partial charge on any atom is 0.481 e. The number of anilines is 1. The molecule has 3 unspecified atom stereocenters. The van der Waals surface area contributed by atoms with E-state index in [0.29, 0.717) is 0 Å². The molecule has 10 N–H and O–H groups in total. The van der Waals surface area contributed by atoms with Gasteiger partial charge in [0.25, 0.3) is 0 Å². The van der Waals surface area contributed by atoms with Crippen LogP contribution in [0.5, 0.6) is 0 Å². The van der Waals surface area contributed by atoms with Crippen molar-refractivity contribution in [2.24, 2.45) is 5.41 Å². The first-order chi connectivity index (χ1) is 24.0. The summed E-state index contributed by atoms with van der Waals surface area (Å²) in [5.41, 5.74) is 4.25. The Kier molecular flexibility index (Phi) is 15.3. The van der Waals surface area contributed by atoms with Gasteiger partial charge in [-0.25, -0.2) is 28.6 Å². The van der Waals surface area contributed by atoms with Gasteiger partial charge in [0.1, 0.15) is 36.3 Å². The standard InChI is InChI=1S/C23H38N7O18P3S/c1-12(31)47-52-7-6-25-14(32)4-5-26-21(35)18(34)23(2,3)9-44-51(41,42)48-50(39,40)43-8-13-17(46-49(36,37)38)16(33)22(45-13)30-11-29-15-19(24)27-10-28-20(15)30/h10-11,13,16-18,22,33-34H,4-9H2,1-3H3,(H,25,32)(H,26,35)(H,39,40)(H,41,42)(H2,24,27,28)(H2,36,37,38)/t13-,16-,17-,18?,22-/m1/s1/i1-1. The van der Waals surface area contributed by atoms with Gasteiger partial charge in [-0.1, -0.05) is 13.8 Å². The van der Waals surface area contributed by atoms with Crippen LogP contribution in [0.2, 0.25) is 0 Å². The second-order valence-corrected chi connectivity index (χ2v) is 16.5. The van der Waals surface area contributed by atoms with Gasteiger partial charge in [-0.15, -0.1) is 0 Å². The second kappa shape index (κ2) is 18.1. The molecule has 1 aliphatic heterocycles. The Morgan fingerprint density at radius 1 is 1.08 bits per heavy atom. The second-order valence-electron chi connectivity index (χ2n) is 11.5. The first-order valence-electron chi connectivity index (χ1n) is 14.7. The number of nitrogen functional groups attached to an aromatic ring is 1. The minimum atomic E-state index is -5.56. The Bertz CT molecular complexity index is 1730.